The Morgan fingerprint density at radius 1 is 1.64 bits per heavy atom. The van der Waals surface area contributed by atoms with E-state index in [1.807, 2.05) is 6.92 Å². The number of hydrogen-bond donors (Lipinski definition) is 2. The largest absolute Gasteiger partial charge is 0.392 e. The summed E-state index contributed by atoms with van der Waals surface area (Å²) in [5.41, 5.74) is 0.561. The van der Waals surface area contributed by atoms with Gasteiger partial charge in [-0.15, -0.1) is 0 Å². The van der Waals surface area contributed by atoms with Gasteiger partial charge in [-0.25, -0.2) is 0 Å². The van der Waals surface area contributed by atoms with E-state index < -0.39 is 0 Å². The fraction of sp³-hybridized carbons (Fsp3) is 1.00. The maximum absolute atomic E-state index is 8.95. The Kier molecular flexibility index (Phi) is 2.55. The Morgan fingerprint density at radius 2 is 2.18 bits per heavy atom. The SMILES string of the molecule is C[C@@H](O)CNCC1CC1(C)C. The van der Waals surface area contributed by atoms with Crippen molar-refractivity contribution in [3.05, 3.63) is 0 Å². The van der Waals surface area contributed by atoms with Gasteiger partial charge in [-0.1, -0.05) is 13.8 Å². The fourth-order valence-corrected chi connectivity index (χ4v) is 1.39. The summed E-state index contributed by atoms with van der Waals surface area (Å²) in [6, 6.07) is 0. The van der Waals surface area contributed by atoms with Crippen LogP contribution in [0.5, 0.6) is 0 Å². The predicted molar refractivity (Wildman–Crippen MR) is 46.4 cm³/mol. The van der Waals surface area contributed by atoms with Gasteiger partial charge in [0, 0.05) is 6.54 Å². The third-order valence-corrected chi connectivity index (χ3v) is 2.55. The van der Waals surface area contributed by atoms with Crippen molar-refractivity contribution in [2.45, 2.75) is 33.3 Å². The molecule has 0 bridgehead atoms. The molecule has 0 heterocycles. The predicted octanol–water partition coefficient (Wildman–Crippen LogP) is 1.00. The van der Waals surface area contributed by atoms with Crippen LogP contribution in [-0.4, -0.2) is 24.3 Å². The quantitative estimate of drug-likeness (QED) is 0.638. The highest BCUT2D eigenvalue weighted by atomic mass is 16.3. The minimum Gasteiger partial charge on any atom is -0.392 e. The average Bonchev–Trinajstić information content (AvgIpc) is 2.39. The summed E-state index contributed by atoms with van der Waals surface area (Å²) in [5.74, 6) is 0.834. The van der Waals surface area contributed by atoms with Gasteiger partial charge >= 0.3 is 0 Å². The molecule has 1 aliphatic rings. The monoisotopic (exact) mass is 157 g/mol. The summed E-state index contributed by atoms with van der Waals surface area (Å²) in [6.07, 6.45) is 1.12. The molecule has 0 spiro atoms. The summed E-state index contributed by atoms with van der Waals surface area (Å²) in [5, 5.41) is 12.2. The van der Waals surface area contributed by atoms with Gasteiger partial charge in [-0.05, 0) is 31.2 Å². The number of aliphatic hydroxyl groups excluding tert-OH is 1. The fourth-order valence-electron chi connectivity index (χ4n) is 1.39. The van der Waals surface area contributed by atoms with Crippen LogP contribution in [0.15, 0.2) is 0 Å². The van der Waals surface area contributed by atoms with Gasteiger partial charge < -0.3 is 10.4 Å². The maximum atomic E-state index is 8.95. The van der Waals surface area contributed by atoms with E-state index in [0.717, 1.165) is 19.0 Å². The molecule has 1 aliphatic carbocycles. The number of aliphatic hydroxyl groups is 1. The zero-order valence-corrected chi connectivity index (χ0v) is 7.72. The van der Waals surface area contributed by atoms with Gasteiger partial charge in [-0.3, -0.25) is 0 Å². The normalized spacial score (nSPS) is 30.0. The Hall–Kier alpha value is -0.0800. The van der Waals surface area contributed by atoms with E-state index in [4.69, 9.17) is 5.11 Å². The molecule has 1 rings (SSSR count). The molecule has 11 heavy (non-hydrogen) atoms. The molecule has 2 N–H and O–H groups in total. The van der Waals surface area contributed by atoms with Crippen molar-refractivity contribution in [3.8, 4) is 0 Å². The van der Waals surface area contributed by atoms with E-state index in [1.54, 1.807) is 0 Å². The van der Waals surface area contributed by atoms with Gasteiger partial charge in [-0.2, -0.15) is 0 Å². The Labute approximate surface area is 69.0 Å². The lowest BCUT2D eigenvalue weighted by atomic mass is 10.1. The summed E-state index contributed by atoms with van der Waals surface area (Å²) in [7, 11) is 0. The van der Waals surface area contributed by atoms with Crippen LogP contribution >= 0.6 is 0 Å². The van der Waals surface area contributed by atoms with Gasteiger partial charge in [0.05, 0.1) is 6.10 Å². The molecule has 2 heteroatoms. The first-order valence-corrected chi connectivity index (χ1v) is 4.41. The first kappa shape index (κ1) is 9.01. The van der Waals surface area contributed by atoms with Crippen molar-refractivity contribution in [2.75, 3.05) is 13.1 Å². The molecule has 0 amide bonds. The number of nitrogens with one attached hydrogen (secondary N) is 1. The van der Waals surface area contributed by atoms with Crippen LogP contribution in [0, 0.1) is 11.3 Å². The van der Waals surface area contributed by atoms with Crippen molar-refractivity contribution >= 4 is 0 Å². The summed E-state index contributed by atoms with van der Waals surface area (Å²) in [6.45, 7) is 8.19. The first-order chi connectivity index (χ1) is 5.02. The number of hydrogen-bond acceptors (Lipinski definition) is 2. The minimum absolute atomic E-state index is 0.211. The summed E-state index contributed by atoms with van der Waals surface area (Å²) >= 11 is 0. The lowest BCUT2D eigenvalue weighted by Crippen LogP contribution is -2.27. The van der Waals surface area contributed by atoms with Gasteiger partial charge in [0.1, 0.15) is 0 Å². The standard InChI is InChI=1S/C9H19NO/c1-7(11)5-10-6-8-4-9(8,2)3/h7-8,10-11H,4-6H2,1-3H3/t7-,8?/m1/s1. The second-order valence-electron chi connectivity index (χ2n) is 4.40. The molecule has 0 aromatic carbocycles. The molecule has 0 aliphatic heterocycles. The van der Waals surface area contributed by atoms with Crippen molar-refractivity contribution < 1.29 is 5.11 Å². The topological polar surface area (TPSA) is 32.3 Å². The zero-order valence-electron chi connectivity index (χ0n) is 7.72. The molecule has 2 nitrogen and oxygen atoms in total. The summed E-state index contributed by atoms with van der Waals surface area (Å²) < 4.78 is 0. The molecule has 1 saturated carbocycles. The van der Waals surface area contributed by atoms with E-state index in [2.05, 4.69) is 19.2 Å². The molecular weight excluding hydrogens is 138 g/mol. The second-order valence-corrected chi connectivity index (χ2v) is 4.40. The van der Waals surface area contributed by atoms with Crippen molar-refractivity contribution in [3.63, 3.8) is 0 Å². The van der Waals surface area contributed by atoms with E-state index in [0.29, 0.717) is 5.41 Å². The van der Waals surface area contributed by atoms with E-state index in [-0.39, 0.29) is 6.10 Å². The van der Waals surface area contributed by atoms with Crippen molar-refractivity contribution in [1.82, 2.24) is 5.32 Å². The molecule has 66 valence electrons. The summed E-state index contributed by atoms with van der Waals surface area (Å²) in [4.78, 5) is 0. The van der Waals surface area contributed by atoms with Crippen LogP contribution in [0.2, 0.25) is 0 Å². The molecule has 0 saturated heterocycles. The smallest absolute Gasteiger partial charge is 0.0636 e. The second kappa shape index (κ2) is 3.11. The lowest BCUT2D eigenvalue weighted by Gasteiger charge is -2.07. The van der Waals surface area contributed by atoms with Gasteiger partial charge in [0.2, 0.25) is 0 Å². The van der Waals surface area contributed by atoms with E-state index in [1.165, 1.54) is 6.42 Å². The highest BCUT2D eigenvalue weighted by Crippen LogP contribution is 2.50. The lowest BCUT2D eigenvalue weighted by molar-refractivity contribution is 0.190. The highest BCUT2D eigenvalue weighted by molar-refractivity contribution is 4.96. The Balaban J connectivity index is 1.98. The zero-order chi connectivity index (χ0) is 8.48. The molecule has 1 fully saturated rings. The van der Waals surface area contributed by atoms with E-state index in [9.17, 15) is 0 Å². The molecule has 0 aromatic rings. The maximum Gasteiger partial charge on any atom is 0.0636 e. The minimum atomic E-state index is -0.211. The third-order valence-electron chi connectivity index (χ3n) is 2.55. The van der Waals surface area contributed by atoms with Crippen LogP contribution in [0.25, 0.3) is 0 Å². The van der Waals surface area contributed by atoms with Crippen LogP contribution in [0.1, 0.15) is 27.2 Å². The highest BCUT2D eigenvalue weighted by Gasteiger charge is 2.44. The van der Waals surface area contributed by atoms with Crippen LogP contribution in [-0.2, 0) is 0 Å². The van der Waals surface area contributed by atoms with E-state index >= 15 is 0 Å². The van der Waals surface area contributed by atoms with Gasteiger partial charge in [0.15, 0.2) is 0 Å². The van der Waals surface area contributed by atoms with Crippen molar-refractivity contribution in [2.24, 2.45) is 11.3 Å². The molecular formula is C9H19NO. The molecule has 0 radical (unpaired) electrons. The molecule has 0 aromatic heterocycles. The Bertz CT molecular complexity index is 132. The van der Waals surface area contributed by atoms with Gasteiger partial charge in [0.25, 0.3) is 0 Å². The third kappa shape index (κ3) is 2.80. The van der Waals surface area contributed by atoms with Crippen LogP contribution in [0.3, 0.4) is 0 Å². The molecule has 2 atom stereocenters. The average molecular weight is 157 g/mol. The first-order valence-electron chi connectivity index (χ1n) is 4.41. The molecule has 1 unspecified atom stereocenters. The van der Waals surface area contributed by atoms with Crippen molar-refractivity contribution in [1.29, 1.82) is 0 Å². The van der Waals surface area contributed by atoms with Crippen LogP contribution < -0.4 is 5.32 Å². The van der Waals surface area contributed by atoms with Crippen LogP contribution in [0.4, 0.5) is 0 Å². The number of rotatable bonds is 4. The Morgan fingerprint density at radius 3 is 2.55 bits per heavy atom.